The number of rotatable bonds is 3. The lowest BCUT2D eigenvalue weighted by atomic mass is 10.1. The molecule has 1 unspecified atom stereocenters. The summed E-state index contributed by atoms with van der Waals surface area (Å²) < 4.78 is 0. The Labute approximate surface area is 81.8 Å². The smallest absolute Gasteiger partial charge is 0.115 e. The van der Waals surface area contributed by atoms with Crippen molar-refractivity contribution in [2.75, 3.05) is 6.61 Å². The fraction of sp³-hybridized carbons (Fsp3) is 0.333. The van der Waals surface area contributed by atoms with Gasteiger partial charge in [-0.3, -0.25) is 0 Å². The van der Waals surface area contributed by atoms with Crippen molar-refractivity contribution in [2.45, 2.75) is 12.5 Å². The van der Waals surface area contributed by atoms with E-state index in [0.29, 0.717) is 11.4 Å². The fourth-order valence-electron chi connectivity index (χ4n) is 1.06. The van der Waals surface area contributed by atoms with Gasteiger partial charge in [0.05, 0.1) is 6.61 Å². The van der Waals surface area contributed by atoms with Crippen LogP contribution < -0.4 is 5.73 Å². The van der Waals surface area contributed by atoms with E-state index in [1.54, 1.807) is 12.1 Å². The summed E-state index contributed by atoms with van der Waals surface area (Å²) in [6.45, 7) is -0.0913. The van der Waals surface area contributed by atoms with Crippen molar-refractivity contribution in [1.82, 2.24) is 0 Å². The molecular weight excluding hydrogens is 190 g/mol. The molecule has 4 N–H and O–H groups in total. The maximum atomic E-state index is 9.16. The van der Waals surface area contributed by atoms with Crippen LogP contribution in [0.4, 0.5) is 0 Å². The second-order valence-corrected chi connectivity index (χ2v) is 3.33. The molecule has 0 aliphatic heterocycles. The van der Waals surface area contributed by atoms with Crippen LogP contribution in [0.1, 0.15) is 5.56 Å². The third kappa shape index (κ3) is 2.88. The van der Waals surface area contributed by atoms with Crippen LogP contribution in [0.5, 0.6) is 5.75 Å². The zero-order chi connectivity index (χ0) is 9.84. The molecule has 0 aliphatic carbocycles. The molecule has 0 fully saturated rings. The van der Waals surface area contributed by atoms with E-state index in [4.69, 9.17) is 27.5 Å². The maximum absolute atomic E-state index is 9.16. The number of halogens is 1. The van der Waals surface area contributed by atoms with E-state index < -0.39 is 0 Å². The van der Waals surface area contributed by atoms with E-state index in [1.165, 1.54) is 6.07 Å². The average Bonchev–Trinajstić information content (AvgIpc) is 2.11. The zero-order valence-corrected chi connectivity index (χ0v) is 7.83. The average molecular weight is 202 g/mol. The first kappa shape index (κ1) is 10.3. The second kappa shape index (κ2) is 4.46. The number of aliphatic hydroxyl groups is 1. The van der Waals surface area contributed by atoms with Crippen molar-refractivity contribution in [3.05, 3.63) is 28.8 Å². The summed E-state index contributed by atoms with van der Waals surface area (Å²) >= 11 is 5.85. The first-order valence-electron chi connectivity index (χ1n) is 3.97. The molecule has 0 radical (unpaired) electrons. The number of hydrogen-bond acceptors (Lipinski definition) is 3. The molecule has 1 aromatic carbocycles. The number of phenolic OH excluding ortho intramolecular Hbond substituents is 1. The molecule has 0 aliphatic rings. The first-order chi connectivity index (χ1) is 6.13. The predicted octanol–water partition coefficient (Wildman–Crippen LogP) is 0.908. The van der Waals surface area contributed by atoms with Crippen molar-refractivity contribution >= 4 is 11.6 Å². The highest BCUT2D eigenvalue weighted by Crippen LogP contribution is 2.21. The molecule has 0 heterocycles. The minimum Gasteiger partial charge on any atom is -0.508 e. The highest BCUT2D eigenvalue weighted by Gasteiger charge is 2.06. The van der Waals surface area contributed by atoms with E-state index in [9.17, 15) is 0 Å². The zero-order valence-electron chi connectivity index (χ0n) is 7.07. The summed E-state index contributed by atoms with van der Waals surface area (Å²) in [4.78, 5) is 0. The highest BCUT2D eigenvalue weighted by molar-refractivity contribution is 6.31. The van der Waals surface area contributed by atoms with E-state index in [2.05, 4.69) is 0 Å². The van der Waals surface area contributed by atoms with E-state index in [1.807, 2.05) is 0 Å². The molecule has 1 rings (SSSR count). The first-order valence-corrected chi connectivity index (χ1v) is 4.35. The molecule has 3 nitrogen and oxygen atoms in total. The molecule has 1 aromatic rings. The normalized spacial score (nSPS) is 12.8. The van der Waals surface area contributed by atoms with E-state index in [0.717, 1.165) is 5.56 Å². The van der Waals surface area contributed by atoms with Gasteiger partial charge in [-0.25, -0.2) is 0 Å². The van der Waals surface area contributed by atoms with Crippen molar-refractivity contribution < 1.29 is 10.2 Å². The van der Waals surface area contributed by atoms with Crippen LogP contribution in [0.2, 0.25) is 5.02 Å². The molecule has 4 heteroatoms. The van der Waals surface area contributed by atoms with Gasteiger partial charge in [-0.2, -0.15) is 0 Å². The van der Waals surface area contributed by atoms with Crippen molar-refractivity contribution in [3.8, 4) is 5.75 Å². The SMILES string of the molecule is NC(CO)Cc1cc(O)ccc1Cl. The molecule has 72 valence electrons. The lowest BCUT2D eigenvalue weighted by molar-refractivity contribution is 0.265. The topological polar surface area (TPSA) is 66.5 Å². The quantitative estimate of drug-likeness (QED) is 0.681. The van der Waals surface area contributed by atoms with Crippen molar-refractivity contribution in [1.29, 1.82) is 0 Å². The van der Waals surface area contributed by atoms with Crippen LogP contribution in [-0.2, 0) is 6.42 Å². The van der Waals surface area contributed by atoms with E-state index in [-0.39, 0.29) is 18.4 Å². The Balaban J connectivity index is 2.81. The van der Waals surface area contributed by atoms with Crippen molar-refractivity contribution in [3.63, 3.8) is 0 Å². The fourth-order valence-corrected chi connectivity index (χ4v) is 1.26. The minimum atomic E-state index is -0.334. The Morgan fingerprint density at radius 2 is 2.15 bits per heavy atom. The number of hydrogen-bond donors (Lipinski definition) is 3. The Morgan fingerprint density at radius 3 is 2.77 bits per heavy atom. The van der Waals surface area contributed by atoms with Gasteiger partial charge in [0.25, 0.3) is 0 Å². The van der Waals surface area contributed by atoms with E-state index >= 15 is 0 Å². The largest absolute Gasteiger partial charge is 0.508 e. The standard InChI is InChI=1S/C9H12ClNO2/c10-9-2-1-8(13)4-6(9)3-7(11)5-12/h1-2,4,7,12-13H,3,5,11H2. The van der Waals surface area contributed by atoms with Gasteiger partial charge < -0.3 is 15.9 Å². The third-order valence-electron chi connectivity index (χ3n) is 1.75. The van der Waals surface area contributed by atoms with Crippen molar-refractivity contribution in [2.24, 2.45) is 5.73 Å². The van der Waals surface area contributed by atoms with Gasteiger partial charge in [0, 0.05) is 11.1 Å². The molecule has 0 saturated carbocycles. The lowest BCUT2D eigenvalue weighted by Crippen LogP contribution is -2.26. The van der Waals surface area contributed by atoms with Gasteiger partial charge in [0.15, 0.2) is 0 Å². The summed E-state index contributed by atoms with van der Waals surface area (Å²) in [5.41, 5.74) is 6.29. The molecular formula is C9H12ClNO2. The number of phenols is 1. The number of aliphatic hydroxyl groups excluding tert-OH is 1. The van der Waals surface area contributed by atoms with Gasteiger partial charge in [-0.05, 0) is 30.2 Å². The number of benzene rings is 1. The molecule has 13 heavy (non-hydrogen) atoms. The summed E-state index contributed by atoms with van der Waals surface area (Å²) in [6, 6.07) is 4.34. The van der Waals surface area contributed by atoms with Crippen LogP contribution in [-0.4, -0.2) is 22.9 Å². The Hall–Kier alpha value is -0.770. The minimum absolute atomic E-state index is 0.0913. The molecule has 0 aromatic heterocycles. The molecule has 0 bridgehead atoms. The molecule has 0 spiro atoms. The maximum Gasteiger partial charge on any atom is 0.115 e. The third-order valence-corrected chi connectivity index (χ3v) is 2.11. The summed E-state index contributed by atoms with van der Waals surface area (Å²) in [5.74, 6) is 0.157. The van der Waals surface area contributed by atoms with Crippen LogP contribution in [0.15, 0.2) is 18.2 Å². The van der Waals surface area contributed by atoms with Gasteiger partial charge in [0.1, 0.15) is 5.75 Å². The second-order valence-electron chi connectivity index (χ2n) is 2.92. The molecule has 1 atom stereocenters. The summed E-state index contributed by atoms with van der Waals surface area (Å²) in [7, 11) is 0. The Morgan fingerprint density at radius 1 is 1.46 bits per heavy atom. The van der Waals surface area contributed by atoms with Crippen LogP contribution in [0.3, 0.4) is 0 Å². The van der Waals surface area contributed by atoms with Gasteiger partial charge in [0.2, 0.25) is 0 Å². The van der Waals surface area contributed by atoms with Crippen LogP contribution in [0, 0.1) is 0 Å². The van der Waals surface area contributed by atoms with Gasteiger partial charge >= 0.3 is 0 Å². The monoisotopic (exact) mass is 201 g/mol. The summed E-state index contributed by atoms with van der Waals surface area (Å²) in [6.07, 6.45) is 0.462. The van der Waals surface area contributed by atoms with Gasteiger partial charge in [-0.15, -0.1) is 0 Å². The molecule has 0 amide bonds. The lowest BCUT2D eigenvalue weighted by Gasteiger charge is -2.09. The van der Waals surface area contributed by atoms with Crippen LogP contribution in [0.25, 0.3) is 0 Å². The van der Waals surface area contributed by atoms with Gasteiger partial charge in [-0.1, -0.05) is 11.6 Å². The Bertz CT molecular complexity index is 291. The Kier molecular flexibility index (Phi) is 3.54. The highest BCUT2D eigenvalue weighted by atomic mass is 35.5. The predicted molar refractivity (Wildman–Crippen MR) is 51.9 cm³/mol. The molecule has 0 saturated heterocycles. The number of nitrogens with two attached hydrogens (primary N) is 1. The summed E-state index contributed by atoms with van der Waals surface area (Å²) in [5, 5.41) is 18.4. The van der Waals surface area contributed by atoms with Crippen LogP contribution >= 0.6 is 11.6 Å². The number of aromatic hydroxyl groups is 1.